The Hall–Kier alpha value is -4.52. The fourth-order valence-corrected chi connectivity index (χ4v) is 3.67. The van der Waals surface area contributed by atoms with Crippen LogP contribution in [0, 0.1) is 0 Å². The van der Waals surface area contributed by atoms with Gasteiger partial charge in [0.05, 0.1) is 27.5 Å². The molecule has 0 saturated heterocycles. The number of carbonyl (C=O) groups is 1. The molecule has 0 aliphatic carbocycles. The molecule has 4 aromatic carbocycles. The van der Waals surface area contributed by atoms with Gasteiger partial charge in [-0.25, -0.2) is 5.43 Å². The molecule has 0 atom stereocenters. The number of fused-ring (bicyclic) bond motifs is 1. The van der Waals surface area contributed by atoms with E-state index in [0.29, 0.717) is 35.2 Å². The van der Waals surface area contributed by atoms with E-state index in [1.807, 2.05) is 30.3 Å². The average Bonchev–Trinajstić information content (AvgIpc) is 2.91. The van der Waals surface area contributed by atoms with Gasteiger partial charge in [0.2, 0.25) is 0 Å². The molecule has 1 N–H and O–H groups in total. The summed E-state index contributed by atoms with van der Waals surface area (Å²) in [5.41, 5.74) is 4.75. The highest BCUT2D eigenvalue weighted by molar-refractivity contribution is 5.95. The Bertz CT molecular complexity index is 1360. The highest BCUT2D eigenvalue weighted by Gasteiger charge is 2.11. The lowest BCUT2D eigenvalue weighted by Gasteiger charge is -2.12. The molecule has 0 spiro atoms. The van der Waals surface area contributed by atoms with E-state index >= 15 is 0 Å². The number of carbonyl (C=O) groups excluding carboxylic acids is 1. The van der Waals surface area contributed by atoms with Crippen LogP contribution in [0.5, 0.6) is 23.0 Å². The molecule has 7 heteroatoms. The number of amides is 1. The Labute approximate surface area is 203 Å². The van der Waals surface area contributed by atoms with Gasteiger partial charge in [-0.2, -0.15) is 5.10 Å². The van der Waals surface area contributed by atoms with Gasteiger partial charge in [0.25, 0.3) is 5.91 Å². The molecule has 4 aromatic rings. The molecule has 35 heavy (non-hydrogen) atoms. The lowest BCUT2D eigenvalue weighted by atomic mass is 10.1. The van der Waals surface area contributed by atoms with E-state index in [0.717, 1.165) is 16.5 Å². The number of ether oxygens (including phenoxy) is 4. The smallest absolute Gasteiger partial charge is 0.271 e. The quantitative estimate of drug-likeness (QED) is 0.268. The van der Waals surface area contributed by atoms with E-state index in [2.05, 4.69) is 34.8 Å². The van der Waals surface area contributed by atoms with Crippen molar-refractivity contribution in [3.8, 4) is 23.0 Å². The lowest BCUT2D eigenvalue weighted by molar-refractivity contribution is 0.0954. The second kappa shape index (κ2) is 11.1. The third-order valence-corrected chi connectivity index (χ3v) is 5.48. The number of nitrogens with one attached hydrogen (secondary N) is 1. The minimum absolute atomic E-state index is 0.371. The molecule has 4 rings (SSSR count). The van der Waals surface area contributed by atoms with Crippen LogP contribution in [0.1, 0.15) is 21.5 Å². The summed E-state index contributed by atoms with van der Waals surface area (Å²) in [4.78, 5) is 12.4. The monoisotopic (exact) mass is 470 g/mol. The Morgan fingerprint density at radius 1 is 0.800 bits per heavy atom. The zero-order chi connectivity index (χ0) is 24.6. The molecule has 0 bridgehead atoms. The van der Waals surface area contributed by atoms with Gasteiger partial charge < -0.3 is 18.9 Å². The topological polar surface area (TPSA) is 78.4 Å². The number of methoxy groups -OCH3 is 3. The predicted octanol–water partition coefficient (Wildman–Crippen LogP) is 5.21. The van der Waals surface area contributed by atoms with Crippen LogP contribution < -0.4 is 24.4 Å². The van der Waals surface area contributed by atoms with Crippen LogP contribution >= 0.6 is 0 Å². The maximum Gasteiger partial charge on any atom is 0.271 e. The fraction of sp³-hybridized carbons (Fsp3) is 0.143. The molecule has 0 saturated carbocycles. The molecule has 0 aliphatic heterocycles. The van der Waals surface area contributed by atoms with Crippen LogP contribution in [-0.2, 0) is 6.61 Å². The Morgan fingerprint density at radius 3 is 2.31 bits per heavy atom. The normalized spacial score (nSPS) is 10.8. The number of hydrazone groups is 1. The summed E-state index contributed by atoms with van der Waals surface area (Å²) in [5.74, 6) is 1.83. The molecule has 0 fully saturated rings. The van der Waals surface area contributed by atoms with Gasteiger partial charge in [-0.3, -0.25) is 4.79 Å². The van der Waals surface area contributed by atoms with Crippen molar-refractivity contribution in [2.75, 3.05) is 21.3 Å². The maximum atomic E-state index is 12.4. The van der Waals surface area contributed by atoms with Gasteiger partial charge in [-0.1, -0.05) is 42.5 Å². The highest BCUT2D eigenvalue weighted by atomic mass is 16.5. The molecule has 0 unspecified atom stereocenters. The van der Waals surface area contributed by atoms with E-state index in [1.165, 1.54) is 25.8 Å². The summed E-state index contributed by atoms with van der Waals surface area (Å²) in [7, 11) is 4.64. The largest absolute Gasteiger partial charge is 0.493 e. The van der Waals surface area contributed by atoms with Crippen molar-refractivity contribution in [2.45, 2.75) is 6.61 Å². The molecule has 0 heterocycles. The lowest BCUT2D eigenvalue weighted by Crippen LogP contribution is -2.17. The SMILES string of the molecule is COc1ccc(C(=O)N/N=C/c2ccc(OCc3cccc4ccccc34)c(OC)c2)cc1OC. The van der Waals surface area contributed by atoms with Crippen molar-refractivity contribution >= 4 is 22.9 Å². The first-order chi connectivity index (χ1) is 17.1. The number of benzene rings is 4. The molecular formula is C28H26N2O5. The molecule has 0 aromatic heterocycles. The van der Waals surface area contributed by atoms with Gasteiger partial charge >= 0.3 is 0 Å². The molecule has 7 nitrogen and oxygen atoms in total. The second-order valence-electron chi connectivity index (χ2n) is 7.61. The zero-order valence-corrected chi connectivity index (χ0v) is 19.8. The van der Waals surface area contributed by atoms with Gasteiger partial charge in [0.1, 0.15) is 6.61 Å². The van der Waals surface area contributed by atoms with E-state index in [9.17, 15) is 4.79 Å². The number of hydrogen-bond donors (Lipinski definition) is 1. The summed E-state index contributed by atoms with van der Waals surface area (Å²) in [5, 5.41) is 6.38. The van der Waals surface area contributed by atoms with Crippen molar-refractivity contribution in [2.24, 2.45) is 5.10 Å². The molecule has 1 amide bonds. The van der Waals surface area contributed by atoms with Crippen LogP contribution in [-0.4, -0.2) is 33.5 Å². The van der Waals surface area contributed by atoms with Gasteiger partial charge in [0.15, 0.2) is 23.0 Å². The average molecular weight is 471 g/mol. The number of rotatable bonds is 9. The Kier molecular flexibility index (Phi) is 7.47. The van der Waals surface area contributed by atoms with Crippen molar-refractivity contribution in [3.05, 3.63) is 95.6 Å². The van der Waals surface area contributed by atoms with Crippen LogP contribution in [0.15, 0.2) is 84.0 Å². The standard InChI is InChI=1S/C28H26N2O5/c1-32-24-14-12-21(16-27(24)34-3)28(31)30-29-17-19-11-13-25(26(15-19)33-2)35-18-22-9-6-8-20-7-4-5-10-23(20)22/h4-17H,18H2,1-3H3,(H,30,31)/b29-17+. The van der Waals surface area contributed by atoms with Crippen LogP contribution in [0.25, 0.3) is 10.8 Å². The summed E-state index contributed by atoms with van der Waals surface area (Å²) >= 11 is 0. The minimum atomic E-state index is -0.371. The summed E-state index contributed by atoms with van der Waals surface area (Å²) in [6.45, 7) is 0.409. The van der Waals surface area contributed by atoms with Crippen LogP contribution in [0.3, 0.4) is 0 Å². The van der Waals surface area contributed by atoms with Crippen molar-refractivity contribution < 1.29 is 23.7 Å². The summed E-state index contributed by atoms with van der Waals surface area (Å²) in [6.07, 6.45) is 1.54. The minimum Gasteiger partial charge on any atom is -0.493 e. The molecule has 0 radical (unpaired) electrons. The molecule has 178 valence electrons. The number of nitrogens with zero attached hydrogens (tertiary/aromatic N) is 1. The van der Waals surface area contributed by atoms with Crippen molar-refractivity contribution in [1.82, 2.24) is 5.43 Å². The first-order valence-corrected chi connectivity index (χ1v) is 11.0. The Balaban J connectivity index is 1.42. The molecular weight excluding hydrogens is 444 g/mol. The Morgan fingerprint density at radius 2 is 1.51 bits per heavy atom. The fourth-order valence-electron chi connectivity index (χ4n) is 3.67. The molecule has 0 aliphatic rings. The summed E-state index contributed by atoms with van der Waals surface area (Å²) in [6, 6.07) is 24.7. The van der Waals surface area contributed by atoms with Crippen molar-refractivity contribution in [1.29, 1.82) is 0 Å². The first-order valence-electron chi connectivity index (χ1n) is 11.0. The van der Waals surface area contributed by atoms with E-state index < -0.39 is 0 Å². The highest BCUT2D eigenvalue weighted by Crippen LogP contribution is 2.30. The first kappa shape index (κ1) is 23.6. The van der Waals surface area contributed by atoms with Crippen LogP contribution in [0.2, 0.25) is 0 Å². The van der Waals surface area contributed by atoms with Crippen LogP contribution in [0.4, 0.5) is 0 Å². The second-order valence-corrected chi connectivity index (χ2v) is 7.61. The van der Waals surface area contributed by atoms with Gasteiger partial charge in [-0.15, -0.1) is 0 Å². The van der Waals surface area contributed by atoms with Gasteiger partial charge in [-0.05, 0) is 58.3 Å². The van der Waals surface area contributed by atoms with Crippen molar-refractivity contribution in [3.63, 3.8) is 0 Å². The van der Waals surface area contributed by atoms with E-state index in [4.69, 9.17) is 18.9 Å². The maximum absolute atomic E-state index is 12.4. The van der Waals surface area contributed by atoms with Gasteiger partial charge in [0, 0.05) is 5.56 Å². The zero-order valence-electron chi connectivity index (χ0n) is 19.8. The predicted molar refractivity (Wildman–Crippen MR) is 136 cm³/mol. The van der Waals surface area contributed by atoms with E-state index in [1.54, 1.807) is 31.4 Å². The third-order valence-electron chi connectivity index (χ3n) is 5.48. The van der Waals surface area contributed by atoms with E-state index in [-0.39, 0.29) is 5.91 Å². The summed E-state index contributed by atoms with van der Waals surface area (Å²) < 4.78 is 22.0. The third kappa shape index (κ3) is 5.52. The number of hydrogen-bond acceptors (Lipinski definition) is 6.